The fraction of sp³-hybridized carbons (Fsp3) is 0.652. The molecule has 0 bridgehead atoms. The van der Waals surface area contributed by atoms with Crippen LogP contribution in [0.3, 0.4) is 0 Å². The molecule has 0 fully saturated rings. The van der Waals surface area contributed by atoms with Gasteiger partial charge in [0.15, 0.2) is 0 Å². The third kappa shape index (κ3) is 8.09. The Morgan fingerprint density at radius 1 is 0.964 bits per heavy atom. The molecule has 5 heteroatoms. The average Bonchev–Trinajstić information content (AvgIpc) is 2.68. The van der Waals surface area contributed by atoms with Crippen LogP contribution in [0.5, 0.6) is 0 Å². The van der Waals surface area contributed by atoms with Gasteiger partial charge in [-0.3, -0.25) is 0 Å². The van der Waals surface area contributed by atoms with Crippen molar-refractivity contribution in [1.82, 2.24) is 0 Å². The van der Waals surface area contributed by atoms with Gasteiger partial charge in [0.05, 0.1) is 0 Å². The number of rotatable bonds is 13. The summed E-state index contributed by atoms with van der Waals surface area (Å²) in [5.74, 6) is 0.103. The molecule has 0 aliphatic carbocycles. The second-order valence-corrected chi connectivity index (χ2v) is 22.2. The van der Waals surface area contributed by atoms with Gasteiger partial charge in [-0.2, -0.15) is 0 Å². The van der Waals surface area contributed by atoms with Gasteiger partial charge in [0, 0.05) is 0 Å². The van der Waals surface area contributed by atoms with Gasteiger partial charge in [-0.25, -0.2) is 0 Å². The monoisotopic (exact) mass is 513 g/mol. The van der Waals surface area contributed by atoms with Crippen LogP contribution in [0.15, 0.2) is 18.2 Å². The van der Waals surface area contributed by atoms with E-state index in [0.717, 1.165) is 17.4 Å². The number of unbranched alkanes of at least 4 members (excludes halogenated alkanes) is 3. The number of hydrogen-bond donors (Lipinski definition) is 1. The third-order valence-corrected chi connectivity index (χ3v) is 22.5. The number of nitrogens with one attached hydrogen (secondary N) is 1. The number of carbonyl (C=O) groups is 2. The SMILES string of the molecule is CCC[CH2][Sn]([CH2]CCC)([CH2]CCC)[c]1cccc(NC(=O)CSC(C)=O)c1C. The molecule has 0 atom stereocenters. The number of thioether (sulfide) groups is 1. The summed E-state index contributed by atoms with van der Waals surface area (Å²) in [5.41, 5.74) is 2.22. The van der Waals surface area contributed by atoms with Crippen molar-refractivity contribution in [2.75, 3.05) is 11.1 Å². The van der Waals surface area contributed by atoms with Crippen LogP contribution in [0, 0.1) is 6.92 Å². The topological polar surface area (TPSA) is 46.2 Å². The van der Waals surface area contributed by atoms with E-state index < -0.39 is 18.4 Å². The molecule has 0 aliphatic rings. The van der Waals surface area contributed by atoms with Gasteiger partial charge in [0.25, 0.3) is 0 Å². The summed E-state index contributed by atoms with van der Waals surface area (Å²) >= 11 is -1.46. The van der Waals surface area contributed by atoms with Crippen LogP contribution in [0.4, 0.5) is 5.69 Å². The number of carbonyl (C=O) groups excluding carboxylic acids is 2. The Morgan fingerprint density at radius 2 is 1.50 bits per heavy atom. The maximum atomic E-state index is 12.3. The van der Waals surface area contributed by atoms with Gasteiger partial charge in [-0.15, -0.1) is 0 Å². The van der Waals surface area contributed by atoms with Crippen molar-refractivity contribution >= 4 is 50.4 Å². The second kappa shape index (κ2) is 13.7. The van der Waals surface area contributed by atoms with Crippen LogP contribution in [-0.4, -0.2) is 35.2 Å². The van der Waals surface area contributed by atoms with Crippen LogP contribution < -0.4 is 8.90 Å². The zero-order chi connectivity index (χ0) is 21.0. The van der Waals surface area contributed by atoms with E-state index in [1.165, 1.54) is 64.3 Å². The van der Waals surface area contributed by atoms with Crippen LogP contribution in [0.1, 0.15) is 71.8 Å². The Hall–Kier alpha value is -0.491. The molecule has 1 N–H and O–H groups in total. The van der Waals surface area contributed by atoms with Crippen molar-refractivity contribution in [1.29, 1.82) is 0 Å². The predicted molar refractivity (Wildman–Crippen MR) is 127 cm³/mol. The van der Waals surface area contributed by atoms with E-state index in [1.54, 1.807) is 3.58 Å². The van der Waals surface area contributed by atoms with Crippen molar-refractivity contribution in [2.45, 2.75) is 86.5 Å². The molecule has 158 valence electrons. The van der Waals surface area contributed by atoms with E-state index >= 15 is 0 Å². The fourth-order valence-corrected chi connectivity index (χ4v) is 21.6. The van der Waals surface area contributed by atoms with Gasteiger partial charge in [0.1, 0.15) is 0 Å². The van der Waals surface area contributed by atoms with E-state index in [-0.39, 0.29) is 16.8 Å². The first-order valence-corrected chi connectivity index (χ1v) is 19.4. The first-order chi connectivity index (χ1) is 13.4. The molecule has 28 heavy (non-hydrogen) atoms. The Kier molecular flexibility index (Phi) is 12.5. The fourth-order valence-electron chi connectivity index (χ4n) is 4.02. The molecule has 1 amide bonds. The van der Waals surface area contributed by atoms with Gasteiger partial charge in [-0.1, -0.05) is 0 Å². The van der Waals surface area contributed by atoms with Crippen molar-refractivity contribution in [2.24, 2.45) is 0 Å². The van der Waals surface area contributed by atoms with E-state index in [2.05, 4.69) is 45.1 Å². The maximum absolute atomic E-state index is 12.3. The average molecular weight is 512 g/mol. The van der Waals surface area contributed by atoms with Crippen LogP contribution >= 0.6 is 11.8 Å². The molecule has 1 rings (SSSR count). The molecule has 0 spiro atoms. The summed E-state index contributed by atoms with van der Waals surface area (Å²) in [7, 11) is 0. The standard InChI is InChI=1S/C11H12NO2S.3C4H9.Sn/c1-8-5-3-4-6-10(8)12-11(14)7-15-9(2)13;3*1-3-4-2;/h3-4,6H,7H2,1-2H3,(H,12,14);3*1,3-4H2,2H3;. The molecule has 0 aromatic heterocycles. The Labute approximate surface area is 180 Å². The molecule has 0 saturated carbocycles. The second-order valence-electron chi connectivity index (χ2n) is 7.90. The van der Waals surface area contributed by atoms with Crippen LogP contribution in [0.25, 0.3) is 0 Å². The molecule has 3 nitrogen and oxygen atoms in total. The molecule has 0 unspecified atom stereocenters. The molecule has 1 aromatic rings. The molecule has 0 heterocycles. The summed E-state index contributed by atoms with van der Waals surface area (Å²) in [6.07, 6.45) is 7.76. The number of hydrogen-bond acceptors (Lipinski definition) is 3. The predicted octanol–water partition coefficient (Wildman–Crippen LogP) is 6.27. The van der Waals surface area contributed by atoms with Gasteiger partial charge < -0.3 is 0 Å². The van der Waals surface area contributed by atoms with Crippen molar-refractivity contribution in [3.63, 3.8) is 0 Å². The Bertz CT molecular complexity index is 611. The van der Waals surface area contributed by atoms with Gasteiger partial charge in [0.2, 0.25) is 0 Å². The number of anilines is 1. The Morgan fingerprint density at radius 3 is 1.96 bits per heavy atom. The van der Waals surface area contributed by atoms with Crippen molar-refractivity contribution in [3.8, 4) is 0 Å². The van der Waals surface area contributed by atoms with Crippen molar-refractivity contribution < 1.29 is 9.59 Å². The Balaban J connectivity index is 3.20. The summed E-state index contributed by atoms with van der Waals surface area (Å²) in [5, 5.41) is 3.05. The summed E-state index contributed by atoms with van der Waals surface area (Å²) in [6, 6.07) is 6.52. The quantitative estimate of drug-likeness (QED) is 0.317. The third-order valence-electron chi connectivity index (χ3n) is 5.61. The van der Waals surface area contributed by atoms with E-state index in [4.69, 9.17) is 0 Å². The molecule has 0 radical (unpaired) electrons. The minimum atomic E-state index is -2.53. The first kappa shape index (κ1) is 25.5. The minimum absolute atomic E-state index is 0.0189. The summed E-state index contributed by atoms with van der Waals surface area (Å²) in [4.78, 5) is 23.4. The normalized spacial score (nSPS) is 11.5. The first-order valence-electron chi connectivity index (χ1n) is 10.9. The zero-order valence-corrected chi connectivity index (χ0v) is 22.2. The number of benzene rings is 1. The molecular formula is C23H39NO2SSn. The van der Waals surface area contributed by atoms with Gasteiger partial charge in [-0.05, 0) is 0 Å². The van der Waals surface area contributed by atoms with Gasteiger partial charge >= 0.3 is 181 Å². The van der Waals surface area contributed by atoms with Crippen LogP contribution in [0.2, 0.25) is 13.3 Å². The summed E-state index contributed by atoms with van der Waals surface area (Å²) < 4.78 is 5.87. The van der Waals surface area contributed by atoms with E-state index in [1.807, 2.05) is 6.07 Å². The molecule has 0 saturated heterocycles. The van der Waals surface area contributed by atoms with E-state index in [0.29, 0.717) is 0 Å². The van der Waals surface area contributed by atoms with Crippen molar-refractivity contribution in [3.05, 3.63) is 23.8 Å². The van der Waals surface area contributed by atoms with Crippen LogP contribution in [-0.2, 0) is 9.59 Å². The molecule has 0 aliphatic heterocycles. The summed E-state index contributed by atoms with van der Waals surface area (Å²) in [6.45, 7) is 10.6. The number of amides is 1. The van der Waals surface area contributed by atoms with E-state index in [9.17, 15) is 9.59 Å². The molecular weight excluding hydrogens is 473 g/mol. The zero-order valence-electron chi connectivity index (χ0n) is 18.5. The molecule has 1 aromatic carbocycles.